The van der Waals surface area contributed by atoms with E-state index in [0.29, 0.717) is 19.6 Å². The van der Waals surface area contributed by atoms with Crippen molar-refractivity contribution >= 4 is 11.8 Å². The number of rotatable bonds is 12. The molecular formula is C30H33N3O3. The van der Waals surface area contributed by atoms with Crippen molar-refractivity contribution in [1.82, 2.24) is 14.4 Å². The molecule has 4 aromatic rings. The van der Waals surface area contributed by atoms with Crippen LogP contribution in [0.5, 0.6) is 0 Å². The van der Waals surface area contributed by atoms with Crippen molar-refractivity contribution in [1.29, 1.82) is 0 Å². The molecule has 0 unspecified atom stereocenters. The zero-order chi connectivity index (χ0) is 25.2. The van der Waals surface area contributed by atoms with E-state index in [2.05, 4.69) is 29.7 Å². The molecule has 0 spiro atoms. The molecule has 0 aliphatic heterocycles. The summed E-state index contributed by atoms with van der Waals surface area (Å²) in [5, 5.41) is 0. The summed E-state index contributed by atoms with van der Waals surface area (Å²) < 4.78 is 7.50. The van der Waals surface area contributed by atoms with E-state index in [-0.39, 0.29) is 24.1 Å². The molecule has 6 heteroatoms. The van der Waals surface area contributed by atoms with E-state index in [9.17, 15) is 9.59 Å². The minimum absolute atomic E-state index is 0.00572. The first-order chi connectivity index (χ1) is 17.6. The Bertz CT molecular complexity index is 1220. The second-order valence-electron chi connectivity index (χ2n) is 8.91. The molecule has 186 valence electrons. The lowest BCUT2D eigenvalue weighted by Gasteiger charge is -2.28. The lowest BCUT2D eigenvalue weighted by molar-refractivity contribution is -0.133. The van der Waals surface area contributed by atoms with E-state index in [0.717, 1.165) is 30.6 Å². The third-order valence-electron chi connectivity index (χ3n) is 6.17. The highest BCUT2D eigenvalue weighted by Crippen LogP contribution is 2.15. The minimum Gasteiger partial charge on any atom is -0.459 e. The number of carbonyl (C=O) groups excluding carboxylic acids is 2. The van der Waals surface area contributed by atoms with Crippen LogP contribution in [0.1, 0.15) is 47.1 Å². The monoisotopic (exact) mass is 483 g/mol. The number of hydrogen-bond donors (Lipinski definition) is 0. The third-order valence-corrected chi connectivity index (χ3v) is 6.17. The molecule has 0 N–H and O–H groups in total. The predicted molar refractivity (Wildman–Crippen MR) is 140 cm³/mol. The van der Waals surface area contributed by atoms with Gasteiger partial charge in [0.05, 0.1) is 12.8 Å². The Hall–Kier alpha value is -4.06. The molecule has 2 aromatic heterocycles. The first-order valence-corrected chi connectivity index (χ1v) is 12.5. The molecular weight excluding hydrogens is 450 g/mol. The molecule has 0 bridgehead atoms. The molecule has 0 radical (unpaired) electrons. The van der Waals surface area contributed by atoms with Crippen LogP contribution in [0.2, 0.25) is 0 Å². The van der Waals surface area contributed by atoms with Crippen molar-refractivity contribution in [2.75, 3.05) is 13.1 Å². The Morgan fingerprint density at radius 1 is 0.806 bits per heavy atom. The fraction of sp³-hybridized carbons (Fsp3) is 0.267. The van der Waals surface area contributed by atoms with Gasteiger partial charge >= 0.3 is 0 Å². The summed E-state index contributed by atoms with van der Waals surface area (Å²) in [6, 6.07) is 27.6. The molecule has 2 aromatic carbocycles. The molecule has 0 aliphatic rings. The van der Waals surface area contributed by atoms with E-state index in [1.807, 2.05) is 65.7 Å². The highest BCUT2D eigenvalue weighted by atomic mass is 16.3. The molecule has 2 amide bonds. The number of aromatic nitrogens is 1. The summed E-state index contributed by atoms with van der Waals surface area (Å²) in [5.41, 5.74) is 3.29. The molecule has 36 heavy (non-hydrogen) atoms. The molecule has 0 saturated carbocycles. The van der Waals surface area contributed by atoms with Crippen LogP contribution >= 0.6 is 0 Å². The summed E-state index contributed by atoms with van der Waals surface area (Å²) >= 11 is 0. The summed E-state index contributed by atoms with van der Waals surface area (Å²) in [6.45, 7) is 4.23. The molecule has 0 saturated heterocycles. The molecule has 6 nitrogen and oxygen atoms in total. The molecule has 4 rings (SSSR count). The number of nitrogens with zero attached hydrogens (tertiary/aromatic N) is 3. The number of carbonyl (C=O) groups is 2. The van der Waals surface area contributed by atoms with Crippen molar-refractivity contribution < 1.29 is 14.0 Å². The third kappa shape index (κ3) is 6.75. The summed E-state index contributed by atoms with van der Waals surface area (Å²) in [4.78, 5) is 30.2. The van der Waals surface area contributed by atoms with Crippen LogP contribution in [0, 0.1) is 0 Å². The second-order valence-corrected chi connectivity index (χ2v) is 8.91. The predicted octanol–water partition coefficient (Wildman–Crippen LogP) is 5.60. The van der Waals surface area contributed by atoms with E-state index in [1.54, 1.807) is 17.0 Å². The van der Waals surface area contributed by atoms with Gasteiger partial charge in [-0.1, -0.05) is 74.0 Å². The van der Waals surface area contributed by atoms with Gasteiger partial charge in [0.2, 0.25) is 5.91 Å². The van der Waals surface area contributed by atoms with Crippen LogP contribution in [0.15, 0.2) is 102 Å². The van der Waals surface area contributed by atoms with Crippen molar-refractivity contribution in [3.8, 4) is 0 Å². The van der Waals surface area contributed by atoms with Crippen molar-refractivity contribution in [3.63, 3.8) is 0 Å². The summed E-state index contributed by atoms with van der Waals surface area (Å²) in [6.07, 6.45) is 5.27. The number of furan rings is 1. The number of hydrogen-bond acceptors (Lipinski definition) is 3. The van der Waals surface area contributed by atoms with Gasteiger partial charge in [0.1, 0.15) is 6.54 Å². The molecule has 0 aliphatic carbocycles. The largest absolute Gasteiger partial charge is 0.459 e. The molecule has 0 atom stereocenters. The van der Waals surface area contributed by atoms with Gasteiger partial charge < -0.3 is 18.8 Å². The minimum atomic E-state index is -0.256. The van der Waals surface area contributed by atoms with Gasteiger partial charge in [0.25, 0.3) is 5.91 Å². The van der Waals surface area contributed by atoms with Crippen LogP contribution in [0.25, 0.3) is 0 Å². The molecule has 0 fully saturated rings. The Kier molecular flexibility index (Phi) is 8.76. The summed E-state index contributed by atoms with van der Waals surface area (Å²) in [7, 11) is 0. The Balaban J connectivity index is 1.54. The van der Waals surface area contributed by atoms with Crippen LogP contribution in [0.3, 0.4) is 0 Å². The van der Waals surface area contributed by atoms with Crippen molar-refractivity contribution in [2.45, 2.75) is 39.4 Å². The fourth-order valence-corrected chi connectivity index (χ4v) is 4.18. The highest BCUT2D eigenvalue weighted by molar-refractivity contribution is 5.94. The van der Waals surface area contributed by atoms with Gasteiger partial charge in [-0.2, -0.15) is 0 Å². The average Bonchev–Trinajstić information content (AvgIpc) is 3.60. The van der Waals surface area contributed by atoms with Crippen LogP contribution in [0.4, 0.5) is 0 Å². The zero-order valence-corrected chi connectivity index (χ0v) is 20.8. The average molecular weight is 484 g/mol. The quantitative estimate of drug-likeness (QED) is 0.264. The first-order valence-electron chi connectivity index (χ1n) is 12.5. The number of amides is 2. The van der Waals surface area contributed by atoms with E-state index >= 15 is 0 Å². The SMILES string of the molecule is CCCCN(CC(=O)N(Cc1ccccc1)Cc1cccn1Cc1ccccc1)C(=O)c1ccco1. The maximum atomic E-state index is 13.7. The Morgan fingerprint density at radius 3 is 2.19 bits per heavy atom. The zero-order valence-electron chi connectivity index (χ0n) is 20.8. The van der Waals surface area contributed by atoms with E-state index < -0.39 is 0 Å². The highest BCUT2D eigenvalue weighted by Gasteiger charge is 2.24. The lowest BCUT2D eigenvalue weighted by atomic mass is 10.2. The van der Waals surface area contributed by atoms with E-state index in [1.165, 1.54) is 11.8 Å². The second kappa shape index (κ2) is 12.6. The van der Waals surface area contributed by atoms with Crippen molar-refractivity contribution in [2.24, 2.45) is 0 Å². The van der Waals surface area contributed by atoms with E-state index in [4.69, 9.17) is 4.42 Å². The number of benzene rings is 2. The van der Waals surface area contributed by atoms with Gasteiger partial charge in [-0.15, -0.1) is 0 Å². The smallest absolute Gasteiger partial charge is 0.290 e. The normalized spacial score (nSPS) is 10.8. The van der Waals surface area contributed by atoms with Crippen LogP contribution in [-0.2, 0) is 24.4 Å². The Labute approximate surface area is 212 Å². The maximum Gasteiger partial charge on any atom is 0.290 e. The van der Waals surface area contributed by atoms with Crippen molar-refractivity contribution in [3.05, 3.63) is 120 Å². The standard InChI is InChI=1S/C30H33N3O3/c1-2-3-18-32(30(35)28-17-11-20-36-28)24-29(34)33(22-26-14-8-5-9-15-26)23-27-16-10-19-31(27)21-25-12-6-4-7-13-25/h4-17,19-20H,2-3,18,21-24H2,1H3. The van der Waals surface area contributed by atoms with Gasteiger partial charge in [-0.05, 0) is 41.8 Å². The maximum absolute atomic E-state index is 13.7. The topological polar surface area (TPSA) is 58.7 Å². The fourth-order valence-electron chi connectivity index (χ4n) is 4.18. The first kappa shape index (κ1) is 25.0. The number of unbranched alkanes of at least 4 members (excludes halogenated alkanes) is 1. The van der Waals surface area contributed by atoms with Crippen LogP contribution < -0.4 is 0 Å². The molecule has 2 heterocycles. The van der Waals surface area contributed by atoms with Gasteiger partial charge in [-0.25, -0.2) is 0 Å². The van der Waals surface area contributed by atoms with Gasteiger partial charge in [0.15, 0.2) is 5.76 Å². The van der Waals surface area contributed by atoms with Gasteiger partial charge in [-0.3, -0.25) is 9.59 Å². The summed E-state index contributed by atoms with van der Waals surface area (Å²) in [5.74, 6) is -0.0958. The van der Waals surface area contributed by atoms with Crippen LogP contribution in [-0.4, -0.2) is 39.3 Å². The van der Waals surface area contributed by atoms with Gasteiger partial charge in [0, 0.05) is 31.5 Å². The Morgan fingerprint density at radius 2 is 1.53 bits per heavy atom. The lowest BCUT2D eigenvalue weighted by Crippen LogP contribution is -2.43.